The molecule has 22 heavy (non-hydrogen) atoms. The predicted molar refractivity (Wildman–Crippen MR) is 92.3 cm³/mol. The number of amides is 1. The summed E-state index contributed by atoms with van der Waals surface area (Å²) < 4.78 is 0. The summed E-state index contributed by atoms with van der Waals surface area (Å²) in [6, 6.07) is 7.71. The van der Waals surface area contributed by atoms with Crippen LogP contribution < -0.4 is 5.32 Å². The first-order valence-electron chi connectivity index (χ1n) is 7.88. The van der Waals surface area contributed by atoms with Gasteiger partial charge in [-0.1, -0.05) is 6.07 Å². The van der Waals surface area contributed by atoms with Crippen LogP contribution in [0.25, 0.3) is 0 Å². The van der Waals surface area contributed by atoms with E-state index in [4.69, 9.17) is 0 Å². The second-order valence-corrected chi connectivity index (χ2v) is 6.91. The number of hydrogen-bond donors (Lipinski definition) is 2. The number of anilines is 1. The molecule has 0 spiro atoms. The molecule has 1 heterocycles. The Morgan fingerprint density at radius 1 is 1.45 bits per heavy atom. The predicted octanol–water partition coefficient (Wildman–Crippen LogP) is 2.83. The average Bonchev–Trinajstić information content (AvgIpc) is 2.54. The number of aliphatic hydroxyl groups excluding tert-OH is 1. The zero-order valence-electron chi connectivity index (χ0n) is 13.6. The van der Waals surface area contributed by atoms with E-state index >= 15 is 0 Å². The number of benzene rings is 1. The number of aliphatic hydroxyl groups is 1. The number of likely N-dealkylation sites (tertiary alicyclic amines) is 1. The Bertz CT molecular complexity index is 507. The van der Waals surface area contributed by atoms with E-state index in [9.17, 15) is 9.90 Å². The van der Waals surface area contributed by atoms with E-state index in [1.54, 1.807) is 11.8 Å². The first-order valence-corrected chi connectivity index (χ1v) is 9.10. The molecule has 5 heteroatoms. The van der Waals surface area contributed by atoms with Gasteiger partial charge in [0.05, 0.1) is 12.1 Å². The molecule has 2 N–H and O–H groups in total. The second kappa shape index (κ2) is 7.99. The van der Waals surface area contributed by atoms with Crippen LogP contribution in [0.5, 0.6) is 0 Å². The highest BCUT2D eigenvalue weighted by molar-refractivity contribution is 7.98. The van der Waals surface area contributed by atoms with Gasteiger partial charge in [-0.05, 0) is 63.6 Å². The summed E-state index contributed by atoms with van der Waals surface area (Å²) in [5, 5.41) is 12.8. The van der Waals surface area contributed by atoms with Gasteiger partial charge in [0.25, 0.3) is 0 Å². The summed E-state index contributed by atoms with van der Waals surface area (Å²) in [5.74, 6) is 0.285. The molecule has 2 rings (SSSR count). The zero-order chi connectivity index (χ0) is 16.1. The van der Waals surface area contributed by atoms with Crippen LogP contribution in [0.1, 0.15) is 26.7 Å². The molecule has 0 aliphatic carbocycles. The van der Waals surface area contributed by atoms with E-state index < -0.39 is 0 Å². The van der Waals surface area contributed by atoms with Gasteiger partial charge in [0, 0.05) is 17.1 Å². The van der Waals surface area contributed by atoms with Crippen molar-refractivity contribution >= 4 is 23.4 Å². The van der Waals surface area contributed by atoms with Gasteiger partial charge in [-0.15, -0.1) is 11.8 Å². The average molecular weight is 322 g/mol. The highest BCUT2D eigenvalue weighted by Crippen LogP contribution is 2.23. The zero-order valence-corrected chi connectivity index (χ0v) is 14.4. The van der Waals surface area contributed by atoms with Crippen LogP contribution in [0.2, 0.25) is 0 Å². The van der Waals surface area contributed by atoms with Gasteiger partial charge in [0.1, 0.15) is 0 Å². The molecule has 1 saturated heterocycles. The van der Waals surface area contributed by atoms with Crippen molar-refractivity contribution in [1.82, 2.24) is 4.90 Å². The van der Waals surface area contributed by atoms with E-state index in [1.165, 1.54) is 0 Å². The molecular weight excluding hydrogens is 296 g/mol. The SMILES string of the molecule is CSc1cccc(NC(=O)C(C)N2CCCC(C(C)O)C2)c1. The van der Waals surface area contributed by atoms with Crippen molar-refractivity contribution in [3.05, 3.63) is 24.3 Å². The molecule has 3 unspecified atom stereocenters. The fraction of sp³-hybridized carbons (Fsp3) is 0.588. The van der Waals surface area contributed by atoms with Gasteiger partial charge in [0.15, 0.2) is 0 Å². The molecule has 1 aromatic carbocycles. The molecule has 0 radical (unpaired) electrons. The fourth-order valence-electron chi connectivity index (χ4n) is 2.90. The van der Waals surface area contributed by atoms with Crippen molar-refractivity contribution in [2.24, 2.45) is 5.92 Å². The Balaban J connectivity index is 1.96. The number of piperidine rings is 1. The Morgan fingerprint density at radius 3 is 2.91 bits per heavy atom. The van der Waals surface area contributed by atoms with Crippen LogP contribution in [0.3, 0.4) is 0 Å². The summed E-state index contributed by atoms with van der Waals surface area (Å²) in [6.45, 7) is 5.49. The lowest BCUT2D eigenvalue weighted by atomic mass is 9.92. The molecule has 122 valence electrons. The summed E-state index contributed by atoms with van der Waals surface area (Å²) in [6.07, 6.45) is 3.79. The summed E-state index contributed by atoms with van der Waals surface area (Å²) in [4.78, 5) is 15.8. The van der Waals surface area contributed by atoms with Crippen molar-refractivity contribution in [2.45, 2.75) is 43.7 Å². The van der Waals surface area contributed by atoms with Crippen LogP contribution in [0.4, 0.5) is 5.69 Å². The lowest BCUT2D eigenvalue weighted by Gasteiger charge is -2.37. The number of carbonyl (C=O) groups is 1. The minimum absolute atomic E-state index is 0.0181. The number of thioether (sulfide) groups is 1. The quantitative estimate of drug-likeness (QED) is 0.819. The van der Waals surface area contributed by atoms with Gasteiger partial charge in [-0.25, -0.2) is 0 Å². The molecule has 0 saturated carbocycles. The summed E-state index contributed by atoms with van der Waals surface area (Å²) >= 11 is 1.66. The Labute approximate surface area is 137 Å². The molecule has 4 nitrogen and oxygen atoms in total. The third-order valence-corrected chi connectivity index (χ3v) is 5.16. The van der Waals surface area contributed by atoms with E-state index in [-0.39, 0.29) is 24.0 Å². The number of hydrogen-bond acceptors (Lipinski definition) is 4. The van der Waals surface area contributed by atoms with Crippen LogP contribution in [0.15, 0.2) is 29.2 Å². The Hall–Kier alpha value is -1.04. The monoisotopic (exact) mass is 322 g/mol. The van der Waals surface area contributed by atoms with Crippen molar-refractivity contribution in [3.8, 4) is 0 Å². The maximum atomic E-state index is 12.5. The van der Waals surface area contributed by atoms with Crippen LogP contribution >= 0.6 is 11.8 Å². The number of carbonyl (C=O) groups excluding carboxylic acids is 1. The minimum Gasteiger partial charge on any atom is -0.393 e. The maximum Gasteiger partial charge on any atom is 0.241 e. The highest BCUT2D eigenvalue weighted by Gasteiger charge is 2.29. The van der Waals surface area contributed by atoms with Gasteiger partial charge >= 0.3 is 0 Å². The third-order valence-electron chi connectivity index (χ3n) is 4.44. The molecule has 0 bridgehead atoms. The molecule has 1 aromatic rings. The van der Waals surface area contributed by atoms with E-state index in [2.05, 4.69) is 10.2 Å². The summed E-state index contributed by atoms with van der Waals surface area (Å²) in [7, 11) is 0. The van der Waals surface area contributed by atoms with Crippen LogP contribution in [-0.4, -0.2) is 47.4 Å². The van der Waals surface area contributed by atoms with Crippen LogP contribution in [0, 0.1) is 5.92 Å². The topological polar surface area (TPSA) is 52.6 Å². The molecule has 3 atom stereocenters. The molecule has 1 aliphatic heterocycles. The normalized spacial score (nSPS) is 22.1. The number of rotatable bonds is 5. The largest absolute Gasteiger partial charge is 0.393 e. The lowest BCUT2D eigenvalue weighted by molar-refractivity contribution is -0.121. The van der Waals surface area contributed by atoms with E-state index in [1.807, 2.05) is 44.4 Å². The van der Waals surface area contributed by atoms with E-state index in [0.717, 1.165) is 36.5 Å². The highest BCUT2D eigenvalue weighted by atomic mass is 32.2. The Morgan fingerprint density at radius 2 is 2.23 bits per heavy atom. The van der Waals surface area contributed by atoms with Crippen LogP contribution in [-0.2, 0) is 4.79 Å². The van der Waals surface area contributed by atoms with Crippen molar-refractivity contribution < 1.29 is 9.90 Å². The van der Waals surface area contributed by atoms with Gasteiger partial charge < -0.3 is 10.4 Å². The third kappa shape index (κ3) is 4.48. The van der Waals surface area contributed by atoms with Crippen molar-refractivity contribution in [1.29, 1.82) is 0 Å². The van der Waals surface area contributed by atoms with Crippen molar-refractivity contribution in [2.75, 3.05) is 24.7 Å². The smallest absolute Gasteiger partial charge is 0.241 e. The van der Waals surface area contributed by atoms with Gasteiger partial charge in [0.2, 0.25) is 5.91 Å². The van der Waals surface area contributed by atoms with E-state index in [0.29, 0.717) is 0 Å². The molecule has 1 fully saturated rings. The minimum atomic E-state index is -0.309. The molecule has 0 aromatic heterocycles. The molecular formula is C17H26N2O2S. The number of nitrogens with zero attached hydrogens (tertiary/aromatic N) is 1. The van der Waals surface area contributed by atoms with Crippen molar-refractivity contribution in [3.63, 3.8) is 0 Å². The number of nitrogens with one attached hydrogen (secondary N) is 1. The van der Waals surface area contributed by atoms with Gasteiger partial charge in [-0.2, -0.15) is 0 Å². The second-order valence-electron chi connectivity index (χ2n) is 6.04. The first kappa shape index (κ1) is 17.3. The molecule has 1 aliphatic rings. The Kier molecular flexibility index (Phi) is 6.29. The first-order chi connectivity index (χ1) is 10.5. The standard InChI is InChI=1S/C17H26N2O2S/c1-12(19-9-5-6-14(11-19)13(2)20)17(21)18-15-7-4-8-16(10-15)22-3/h4,7-8,10,12-14,20H,5-6,9,11H2,1-3H3,(H,18,21). The maximum absolute atomic E-state index is 12.5. The fourth-order valence-corrected chi connectivity index (χ4v) is 3.36. The van der Waals surface area contributed by atoms with Gasteiger partial charge in [-0.3, -0.25) is 9.69 Å². The summed E-state index contributed by atoms with van der Waals surface area (Å²) in [5.41, 5.74) is 0.841. The lowest BCUT2D eigenvalue weighted by Crippen LogP contribution is -2.48. The molecule has 1 amide bonds.